The number of anilines is 1. The van der Waals surface area contributed by atoms with E-state index in [-0.39, 0.29) is 17.4 Å². The molecule has 0 bridgehead atoms. The third-order valence-electron chi connectivity index (χ3n) is 5.21. The number of hydrogen-bond donors (Lipinski definition) is 0. The Morgan fingerprint density at radius 1 is 1.07 bits per heavy atom. The first-order valence-electron chi connectivity index (χ1n) is 10.1. The average Bonchev–Trinajstić information content (AvgIpc) is 2.76. The maximum atomic E-state index is 13.3. The van der Waals surface area contributed by atoms with Gasteiger partial charge in [0.15, 0.2) is 5.69 Å². The van der Waals surface area contributed by atoms with Crippen molar-refractivity contribution in [3.05, 3.63) is 63.7 Å². The average molecular weight is 426 g/mol. The van der Waals surface area contributed by atoms with E-state index in [0.29, 0.717) is 54.2 Å². The topological polar surface area (TPSA) is 71.3 Å². The molecule has 1 aliphatic rings. The Balaban J connectivity index is 1.60. The van der Waals surface area contributed by atoms with Crippen LogP contribution < -0.4 is 10.5 Å². The maximum absolute atomic E-state index is 13.3. The SMILES string of the molecule is CC(C)Cn1nc(C(=O)N2CCN(c3ccc(Cl)cn3)CC2)c2ccccc2c1=O. The van der Waals surface area contributed by atoms with Crippen LogP contribution in [0.5, 0.6) is 0 Å². The lowest BCUT2D eigenvalue weighted by Gasteiger charge is -2.35. The zero-order valence-corrected chi connectivity index (χ0v) is 17.8. The van der Waals surface area contributed by atoms with Gasteiger partial charge in [0, 0.05) is 44.3 Å². The van der Waals surface area contributed by atoms with Gasteiger partial charge in [-0.05, 0) is 24.1 Å². The molecule has 7 nitrogen and oxygen atoms in total. The molecule has 1 aromatic carbocycles. The number of nitrogens with zero attached hydrogens (tertiary/aromatic N) is 5. The van der Waals surface area contributed by atoms with Crippen LogP contribution in [0.1, 0.15) is 24.3 Å². The van der Waals surface area contributed by atoms with Crippen molar-refractivity contribution in [2.75, 3.05) is 31.1 Å². The smallest absolute Gasteiger partial charge is 0.275 e. The van der Waals surface area contributed by atoms with Crippen molar-refractivity contribution in [1.82, 2.24) is 19.7 Å². The highest BCUT2D eigenvalue weighted by molar-refractivity contribution is 6.30. The van der Waals surface area contributed by atoms with Crippen molar-refractivity contribution in [1.29, 1.82) is 0 Å². The molecule has 3 aromatic rings. The molecule has 0 unspecified atom stereocenters. The van der Waals surface area contributed by atoms with Gasteiger partial charge in [-0.2, -0.15) is 5.10 Å². The Bertz CT molecular complexity index is 1120. The predicted molar refractivity (Wildman–Crippen MR) is 118 cm³/mol. The minimum absolute atomic E-state index is 0.146. The molecule has 0 atom stereocenters. The number of piperazine rings is 1. The van der Waals surface area contributed by atoms with Gasteiger partial charge in [0.05, 0.1) is 10.4 Å². The molecule has 30 heavy (non-hydrogen) atoms. The van der Waals surface area contributed by atoms with Crippen LogP contribution >= 0.6 is 11.6 Å². The lowest BCUT2D eigenvalue weighted by atomic mass is 10.1. The second-order valence-electron chi connectivity index (χ2n) is 7.89. The quantitative estimate of drug-likeness (QED) is 0.642. The summed E-state index contributed by atoms with van der Waals surface area (Å²) in [5.74, 6) is 0.947. The lowest BCUT2D eigenvalue weighted by Crippen LogP contribution is -2.49. The summed E-state index contributed by atoms with van der Waals surface area (Å²) in [4.78, 5) is 34.4. The van der Waals surface area contributed by atoms with E-state index < -0.39 is 0 Å². The molecule has 4 rings (SSSR count). The highest BCUT2D eigenvalue weighted by Gasteiger charge is 2.26. The molecule has 3 heterocycles. The fourth-order valence-corrected chi connectivity index (χ4v) is 3.82. The fraction of sp³-hybridized carbons (Fsp3) is 0.364. The number of amides is 1. The Labute approximate surface area is 179 Å². The molecule has 0 spiro atoms. The zero-order chi connectivity index (χ0) is 21.3. The number of rotatable bonds is 4. The molecule has 1 amide bonds. The van der Waals surface area contributed by atoms with Crippen molar-refractivity contribution in [3.8, 4) is 0 Å². The number of carbonyl (C=O) groups excluding carboxylic acids is 1. The first-order chi connectivity index (χ1) is 14.4. The van der Waals surface area contributed by atoms with Crippen LogP contribution in [-0.4, -0.2) is 51.8 Å². The summed E-state index contributed by atoms with van der Waals surface area (Å²) in [5.41, 5.74) is 0.179. The van der Waals surface area contributed by atoms with Crippen LogP contribution in [0, 0.1) is 5.92 Å². The monoisotopic (exact) mass is 425 g/mol. The molecule has 0 saturated carbocycles. The van der Waals surface area contributed by atoms with Gasteiger partial charge in [-0.15, -0.1) is 0 Å². The number of halogens is 1. The highest BCUT2D eigenvalue weighted by atomic mass is 35.5. The van der Waals surface area contributed by atoms with Gasteiger partial charge in [-0.1, -0.05) is 43.6 Å². The Morgan fingerprint density at radius 3 is 2.40 bits per heavy atom. The summed E-state index contributed by atoms with van der Waals surface area (Å²) in [6.07, 6.45) is 1.63. The third-order valence-corrected chi connectivity index (χ3v) is 5.43. The van der Waals surface area contributed by atoms with E-state index in [2.05, 4.69) is 15.0 Å². The summed E-state index contributed by atoms with van der Waals surface area (Å²) in [6.45, 7) is 6.97. The van der Waals surface area contributed by atoms with Crippen molar-refractivity contribution >= 4 is 34.1 Å². The Hall–Kier alpha value is -2.93. The van der Waals surface area contributed by atoms with Crippen LogP contribution in [0.15, 0.2) is 47.4 Å². The van der Waals surface area contributed by atoms with E-state index in [1.807, 2.05) is 38.1 Å². The molecule has 1 saturated heterocycles. The molecule has 1 aliphatic heterocycles. The van der Waals surface area contributed by atoms with Crippen LogP contribution in [0.25, 0.3) is 10.8 Å². The van der Waals surface area contributed by atoms with E-state index >= 15 is 0 Å². The van der Waals surface area contributed by atoms with Gasteiger partial charge in [0.25, 0.3) is 11.5 Å². The van der Waals surface area contributed by atoms with Gasteiger partial charge in [-0.25, -0.2) is 9.67 Å². The molecule has 1 fully saturated rings. The number of fused-ring (bicyclic) bond motifs is 1. The number of aromatic nitrogens is 3. The van der Waals surface area contributed by atoms with Gasteiger partial charge < -0.3 is 9.80 Å². The summed E-state index contributed by atoms with van der Waals surface area (Å²) < 4.78 is 1.42. The van der Waals surface area contributed by atoms with Gasteiger partial charge in [-0.3, -0.25) is 9.59 Å². The van der Waals surface area contributed by atoms with Crippen LogP contribution in [0.3, 0.4) is 0 Å². The number of pyridine rings is 1. The standard InChI is InChI=1S/C22H24ClN5O2/c1-15(2)14-28-21(29)18-6-4-3-5-17(18)20(25-28)22(30)27-11-9-26(10-12-27)19-8-7-16(23)13-24-19/h3-8,13,15H,9-12,14H2,1-2H3. The van der Waals surface area contributed by atoms with Crippen molar-refractivity contribution in [2.24, 2.45) is 5.92 Å². The minimum atomic E-state index is -0.158. The molecular weight excluding hydrogens is 402 g/mol. The van der Waals surface area contributed by atoms with Crippen molar-refractivity contribution in [3.63, 3.8) is 0 Å². The second-order valence-corrected chi connectivity index (χ2v) is 8.33. The molecule has 0 N–H and O–H groups in total. The Morgan fingerprint density at radius 2 is 1.77 bits per heavy atom. The number of hydrogen-bond acceptors (Lipinski definition) is 5. The van der Waals surface area contributed by atoms with Crippen molar-refractivity contribution in [2.45, 2.75) is 20.4 Å². The second kappa shape index (κ2) is 8.44. The van der Waals surface area contributed by atoms with Gasteiger partial charge >= 0.3 is 0 Å². The lowest BCUT2D eigenvalue weighted by molar-refractivity contribution is 0.0739. The Kier molecular flexibility index (Phi) is 5.72. The molecule has 8 heteroatoms. The number of benzene rings is 1. The highest BCUT2D eigenvalue weighted by Crippen LogP contribution is 2.19. The van der Waals surface area contributed by atoms with Crippen molar-refractivity contribution < 1.29 is 4.79 Å². The summed E-state index contributed by atoms with van der Waals surface area (Å²) in [6, 6.07) is 10.9. The van der Waals surface area contributed by atoms with Crippen LogP contribution in [0.2, 0.25) is 5.02 Å². The van der Waals surface area contributed by atoms with E-state index in [4.69, 9.17) is 11.6 Å². The van der Waals surface area contributed by atoms with E-state index in [0.717, 1.165) is 5.82 Å². The minimum Gasteiger partial charge on any atom is -0.353 e. The molecular formula is C22H24ClN5O2. The summed E-state index contributed by atoms with van der Waals surface area (Å²) in [7, 11) is 0. The van der Waals surface area contributed by atoms with Crippen LogP contribution in [-0.2, 0) is 6.54 Å². The van der Waals surface area contributed by atoms with Gasteiger partial charge in [0.1, 0.15) is 5.82 Å². The molecule has 0 radical (unpaired) electrons. The van der Waals surface area contributed by atoms with E-state index in [9.17, 15) is 9.59 Å². The first-order valence-corrected chi connectivity index (χ1v) is 10.5. The molecule has 0 aliphatic carbocycles. The fourth-order valence-electron chi connectivity index (χ4n) is 3.71. The van der Waals surface area contributed by atoms with E-state index in [1.54, 1.807) is 23.2 Å². The molecule has 2 aromatic heterocycles. The van der Waals surface area contributed by atoms with E-state index in [1.165, 1.54) is 4.68 Å². The van der Waals surface area contributed by atoms with Crippen LogP contribution in [0.4, 0.5) is 5.82 Å². The van der Waals surface area contributed by atoms with Gasteiger partial charge in [0.2, 0.25) is 0 Å². The third kappa shape index (κ3) is 4.03. The summed E-state index contributed by atoms with van der Waals surface area (Å²) >= 11 is 5.92. The molecule has 156 valence electrons. The number of carbonyl (C=O) groups is 1. The largest absolute Gasteiger partial charge is 0.353 e. The first kappa shape index (κ1) is 20.3. The normalized spacial score (nSPS) is 14.5. The summed E-state index contributed by atoms with van der Waals surface area (Å²) in [5, 5.41) is 6.21. The maximum Gasteiger partial charge on any atom is 0.275 e. The predicted octanol–water partition coefficient (Wildman–Crippen LogP) is 3.06. The zero-order valence-electron chi connectivity index (χ0n) is 17.1.